The van der Waals surface area contributed by atoms with Crippen molar-refractivity contribution in [3.8, 4) is 0 Å². The van der Waals surface area contributed by atoms with Gasteiger partial charge in [-0.2, -0.15) is 0 Å². The third kappa shape index (κ3) is 5.85. The molecule has 0 aliphatic rings. The van der Waals surface area contributed by atoms with Crippen LogP contribution in [0.5, 0.6) is 0 Å². The molecule has 0 aliphatic carbocycles. The van der Waals surface area contributed by atoms with Crippen molar-refractivity contribution in [2.75, 3.05) is 13.2 Å². The third-order valence-corrected chi connectivity index (χ3v) is 1.63. The van der Waals surface area contributed by atoms with Gasteiger partial charge in [-0.1, -0.05) is 20.8 Å². The monoisotopic (exact) mass is 210 g/mol. The van der Waals surface area contributed by atoms with E-state index in [4.69, 9.17) is 10.8 Å². The molecule has 0 aromatic rings. The summed E-state index contributed by atoms with van der Waals surface area (Å²) < 4.78 is 0. The van der Waals surface area contributed by atoms with Crippen molar-refractivity contribution >= 4 is 18.3 Å². The topological polar surface area (TPSA) is 75.4 Å². The van der Waals surface area contributed by atoms with Crippen LogP contribution in [0, 0.1) is 5.41 Å². The van der Waals surface area contributed by atoms with Crippen molar-refractivity contribution in [3.63, 3.8) is 0 Å². The van der Waals surface area contributed by atoms with Gasteiger partial charge in [-0.25, -0.2) is 0 Å². The van der Waals surface area contributed by atoms with Gasteiger partial charge in [0.1, 0.15) is 0 Å². The highest BCUT2D eigenvalue weighted by Crippen LogP contribution is 2.16. The second-order valence-corrected chi connectivity index (χ2v) is 3.86. The standard InChI is InChI=1S/C8H18N2O2.ClH/c1-8(2,3)6(9)7(12)10-4-5-11;/h6,11H,4-5,9H2,1-3H3,(H,10,12);1H/t6-;/m1./s1. The van der Waals surface area contributed by atoms with E-state index < -0.39 is 6.04 Å². The average molecular weight is 211 g/mol. The molecule has 0 spiro atoms. The molecule has 4 nitrogen and oxygen atoms in total. The van der Waals surface area contributed by atoms with E-state index >= 15 is 0 Å². The zero-order chi connectivity index (χ0) is 9.78. The number of nitrogens with two attached hydrogens (primary N) is 1. The minimum Gasteiger partial charge on any atom is -0.395 e. The highest BCUT2D eigenvalue weighted by molar-refractivity contribution is 5.85. The van der Waals surface area contributed by atoms with Gasteiger partial charge in [0, 0.05) is 6.54 Å². The fourth-order valence-corrected chi connectivity index (χ4v) is 0.682. The first-order chi connectivity index (χ1) is 5.39. The average Bonchev–Trinajstić information content (AvgIpc) is 1.97. The summed E-state index contributed by atoms with van der Waals surface area (Å²) in [6, 6.07) is -0.524. The predicted molar refractivity (Wildman–Crippen MR) is 54.8 cm³/mol. The Balaban J connectivity index is 0. The van der Waals surface area contributed by atoms with Crippen LogP contribution in [0.3, 0.4) is 0 Å². The number of aliphatic hydroxyl groups excluding tert-OH is 1. The van der Waals surface area contributed by atoms with E-state index in [0.717, 1.165) is 0 Å². The number of hydrogen-bond donors (Lipinski definition) is 3. The fourth-order valence-electron chi connectivity index (χ4n) is 0.682. The number of hydrogen-bond acceptors (Lipinski definition) is 3. The summed E-state index contributed by atoms with van der Waals surface area (Å²) in [5.41, 5.74) is 5.40. The summed E-state index contributed by atoms with van der Waals surface area (Å²) in [7, 11) is 0. The minimum absolute atomic E-state index is 0. The molecule has 0 radical (unpaired) electrons. The van der Waals surface area contributed by atoms with E-state index in [9.17, 15) is 4.79 Å². The fraction of sp³-hybridized carbons (Fsp3) is 0.875. The molecule has 0 rings (SSSR count). The quantitative estimate of drug-likeness (QED) is 0.609. The van der Waals surface area contributed by atoms with Gasteiger partial charge >= 0.3 is 0 Å². The lowest BCUT2D eigenvalue weighted by Crippen LogP contribution is -2.49. The Morgan fingerprint density at radius 1 is 1.54 bits per heavy atom. The van der Waals surface area contributed by atoms with Crippen molar-refractivity contribution < 1.29 is 9.90 Å². The van der Waals surface area contributed by atoms with Crippen molar-refractivity contribution in [1.29, 1.82) is 0 Å². The van der Waals surface area contributed by atoms with Crippen LogP contribution in [0.25, 0.3) is 0 Å². The van der Waals surface area contributed by atoms with Gasteiger partial charge in [-0.05, 0) is 5.41 Å². The lowest BCUT2D eigenvalue weighted by Gasteiger charge is -2.25. The van der Waals surface area contributed by atoms with E-state index in [1.54, 1.807) is 0 Å². The number of rotatable bonds is 3. The summed E-state index contributed by atoms with van der Waals surface area (Å²) in [6.07, 6.45) is 0. The Morgan fingerprint density at radius 3 is 2.31 bits per heavy atom. The summed E-state index contributed by atoms with van der Waals surface area (Å²) in [4.78, 5) is 11.2. The van der Waals surface area contributed by atoms with Crippen molar-refractivity contribution in [1.82, 2.24) is 5.32 Å². The molecule has 5 heteroatoms. The highest BCUT2D eigenvalue weighted by Gasteiger charge is 2.26. The van der Waals surface area contributed by atoms with E-state index in [0.29, 0.717) is 0 Å². The summed E-state index contributed by atoms with van der Waals surface area (Å²) in [5, 5.41) is 11.0. The minimum atomic E-state index is -0.524. The largest absolute Gasteiger partial charge is 0.395 e. The van der Waals surface area contributed by atoms with Gasteiger partial charge in [-0.3, -0.25) is 4.79 Å². The maximum atomic E-state index is 11.2. The molecule has 13 heavy (non-hydrogen) atoms. The van der Waals surface area contributed by atoms with E-state index in [1.807, 2.05) is 20.8 Å². The van der Waals surface area contributed by atoms with Gasteiger partial charge in [0.2, 0.25) is 5.91 Å². The summed E-state index contributed by atoms with van der Waals surface area (Å²) >= 11 is 0. The molecule has 0 aliphatic heterocycles. The SMILES string of the molecule is CC(C)(C)[C@H](N)C(=O)NCCO.Cl. The molecule has 1 atom stereocenters. The lowest BCUT2D eigenvalue weighted by atomic mass is 9.87. The van der Waals surface area contributed by atoms with Crippen LogP contribution in [-0.2, 0) is 4.79 Å². The molecule has 0 heterocycles. The van der Waals surface area contributed by atoms with Crippen LogP contribution in [-0.4, -0.2) is 30.2 Å². The van der Waals surface area contributed by atoms with E-state index in [2.05, 4.69) is 5.32 Å². The van der Waals surface area contributed by atoms with Crippen LogP contribution in [0.4, 0.5) is 0 Å². The zero-order valence-electron chi connectivity index (χ0n) is 8.33. The van der Waals surface area contributed by atoms with Crippen LogP contribution < -0.4 is 11.1 Å². The molecule has 0 aromatic carbocycles. The Morgan fingerprint density at radius 2 is 2.00 bits per heavy atom. The molecule has 0 unspecified atom stereocenters. The summed E-state index contributed by atoms with van der Waals surface area (Å²) in [5.74, 6) is -0.212. The third-order valence-electron chi connectivity index (χ3n) is 1.63. The molecule has 0 saturated heterocycles. The number of nitrogens with one attached hydrogen (secondary N) is 1. The maximum Gasteiger partial charge on any atom is 0.237 e. The predicted octanol–water partition coefficient (Wildman–Crippen LogP) is -0.110. The number of halogens is 1. The zero-order valence-corrected chi connectivity index (χ0v) is 9.15. The molecule has 1 amide bonds. The Hall–Kier alpha value is -0.320. The van der Waals surface area contributed by atoms with Crippen LogP contribution in [0.2, 0.25) is 0 Å². The smallest absolute Gasteiger partial charge is 0.237 e. The molecule has 4 N–H and O–H groups in total. The van der Waals surface area contributed by atoms with Crippen molar-refractivity contribution in [2.45, 2.75) is 26.8 Å². The molecule has 0 fully saturated rings. The molecular weight excluding hydrogens is 192 g/mol. The number of aliphatic hydroxyl groups is 1. The van der Waals surface area contributed by atoms with Gasteiger partial charge < -0.3 is 16.2 Å². The van der Waals surface area contributed by atoms with Crippen LogP contribution >= 0.6 is 12.4 Å². The number of amides is 1. The first-order valence-electron chi connectivity index (χ1n) is 4.03. The summed E-state index contributed by atoms with van der Waals surface area (Å²) in [6.45, 7) is 5.91. The second-order valence-electron chi connectivity index (χ2n) is 3.86. The van der Waals surface area contributed by atoms with Crippen LogP contribution in [0.15, 0.2) is 0 Å². The molecule has 0 bridgehead atoms. The van der Waals surface area contributed by atoms with Crippen LogP contribution in [0.1, 0.15) is 20.8 Å². The van der Waals surface area contributed by atoms with Gasteiger partial charge in [-0.15, -0.1) is 12.4 Å². The Labute approximate surface area is 85.3 Å². The van der Waals surface area contributed by atoms with E-state index in [1.165, 1.54) is 0 Å². The van der Waals surface area contributed by atoms with Crippen molar-refractivity contribution in [3.05, 3.63) is 0 Å². The molecule has 0 aromatic heterocycles. The first-order valence-corrected chi connectivity index (χ1v) is 4.03. The molecular formula is C8H19ClN2O2. The maximum absolute atomic E-state index is 11.2. The van der Waals surface area contributed by atoms with Crippen molar-refractivity contribution in [2.24, 2.45) is 11.1 Å². The molecule has 0 saturated carbocycles. The number of carbonyl (C=O) groups excluding carboxylic acids is 1. The normalized spacial score (nSPS) is 13.0. The van der Waals surface area contributed by atoms with Gasteiger partial charge in [0.05, 0.1) is 12.6 Å². The van der Waals surface area contributed by atoms with E-state index in [-0.39, 0.29) is 36.9 Å². The highest BCUT2D eigenvalue weighted by atomic mass is 35.5. The lowest BCUT2D eigenvalue weighted by molar-refractivity contribution is -0.124. The first kappa shape index (κ1) is 15.2. The number of carbonyl (C=O) groups is 1. The van der Waals surface area contributed by atoms with Gasteiger partial charge in [0.15, 0.2) is 0 Å². The second kappa shape index (κ2) is 6.18. The Bertz CT molecular complexity index is 157. The van der Waals surface area contributed by atoms with Gasteiger partial charge in [0.25, 0.3) is 0 Å². The molecule has 80 valence electrons. The Kier molecular flexibility index (Phi) is 7.21.